The molecule has 1 aliphatic carbocycles. The second-order valence-corrected chi connectivity index (χ2v) is 12.2. The molecule has 1 saturated heterocycles. The lowest BCUT2D eigenvalue weighted by atomic mass is 9.85. The first kappa shape index (κ1) is 26.3. The Hall–Kier alpha value is -3.27. The number of carbonyl (C=O) groups is 3. The molecular formula is C28H38N6O4. The van der Waals surface area contributed by atoms with E-state index in [0.717, 1.165) is 36.2 Å². The van der Waals surface area contributed by atoms with Crippen molar-refractivity contribution in [2.75, 3.05) is 11.4 Å². The maximum Gasteiger partial charge on any atom is 0.249 e. The summed E-state index contributed by atoms with van der Waals surface area (Å²) in [5, 5.41) is 21.9. The second kappa shape index (κ2) is 9.80. The van der Waals surface area contributed by atoms with E-state index < -0.39 is 35.6 Å². The van der Waals surface area contributed by atoms with Crippen molar-refractivity contribution in [1.82, 2.24) is 25.2 Å². The van der Waals surface area contributed by atoms with Gasteiger partial charge in [0.25, 0.3) is 0 Å². The molecule has 1 saturated carbocycles. The predicted molar refractivity (Wildman–Crippen MR) is 141 cm³/mol. The number of anilines is 1. The van der Waals surface area contributed by atoms with E-state index in [9.17, 15) is 19.5 Å². The van der Waals surface area contributed by atoms with E-state index in [4.69, 9.17) is 0 Å². The molecule has 38 heavy (non-hydrogen) atoms. The zero-order chi connectivity index (χ0) is 27.4. The van der Waals surface area contributed by atoms with E-state index in [1.54, 1.807) is 16.5 Å². The largest absolute Gasteiger partial charge is 0.391 e. The highest BCUT2D eigenvalue weighted by Crippen LogP contribution is 2.40. The van der Waals surface area contributed by atoms with Crippen molar-refractivity contribution in [2.24, 2.45) is 5.41 Å². The summed E-state index contributed by atoms with van der Waals surface area (Å²) in [6.07, 6.45) is 4.03. The van der Waals surface area contributed by atoms with E-state index in [0.29, 0.717) is 5.92 Å². The number of fused-ring (bicyclic) bond motifs is 1. The summed E-state index contributed by atoms with van der Waals surface area (Å²) in [4.78, 5) is 44.0. The lowest BCUT2D eigenvalue weighted by molar-refractivity contribution is -0.144. The Bertz CT molecular complexity index is 1230. The van der Waals surface area contributed by atoms with Gasteiger partial charge in [-0.05, 0) is 50.2 Å². The van der Waals surface area contributed by atoms with Crippen LogP contribution in [0.5, 0.6) is 0 Å². The van der Waals surface area contributed by atoms with Crippen LogP contribution in [0.4, 0.5) is 5.69 Å². The summed E-state index contributed by atoms with van der Waals surface area (Å²) in [5.74, 6) is -0.533. The van der Waals surface area contributed by atoms with Gasteiger partial charge in [-0.1, -0.05) is 44.2 Å². The topological polar surface area (TPSA) is 121 Å². The average Bonchev–Trinajstić information content (AvgIpc) is 3.29. The second-order valence-electron chi connectivity index (χ2n) is 12.2. The third kappa shape index (κ3) is 4.93. The number of aliphatic hydroxyl groups excluding tert-OH is 1. The molecule has 1 aromatic heterocycles. The number of para-hydroxylation sites is 1. The highest BCUT2D eigenvalue weighted by molar-refractivity contribution is 6.02. The third-order valence-corrected chi connectivity index (χ3v) is 7.88. The van der Waals surface area contributed by atoms with Crippen LogP contribution in [0.3, 0.4) is 0 Å². The fraction of sp³-hybridized carbons (Fsp3) is 0.607. The van der Waals surface area contributed by atoms with Crippen LogP contribution < -0.4 is 10.2 Å². The van der Waals surface area contributed by atoms with Crippen molar-refractivity contribution in [2.45, 2.75) is 96.5 Å². The highest BCUT2D eigenvalue weighted by atomic mass is 16.3. The Labute approximate surface area is 223 Å². The smallest absolute Gasteiger partial charge is 0.249 e. The number of hydrogen-bond donors (Lipinski definition) is 2. The van der Waals surface area contributed by atoms with Crippen molar-refractivity contribution in [3.8, 4) is 0 Å². The Balaban J connectivity index is 1.32. The van der Waals surface area contributed by atoms with Crippen LogP contribution in [0.25, 0.3) is 0 Å². The summed E-state index contributed by atoms with van der Waals surface area (Å²) < 4.78 is 1.61. The van der Waals surface area contributed by atoms with Crippen molar-refractivity contribution in [3.63, 3.8) is 0 Å². The van der Waals surface area contributed by atoms with Crippen LogP contribution in [0, 0.1) is 5.41 Å². The molecule has 2 aromatic rings. The maximum absolute atomic E-state index is 13.9. The molecule has 2 fully saturated rings. The first-order chi connectivity index (χ1) is 18.0. The van der Waals surface area contributed by atoms with Gasteiger partial charge in [-0.25, -0.2) is 4.68 Å². The van der Waals surface area contributed by atoms with Crippen molar-refractivity contribution in [3.05, 3.63) is 41.7 Å². The fourth-order valence-electron chi connectivity index (χ4n) is 5.81. The standard InChI is InChI=1S/C28H38N6O4/c1-16-12-19-8-6-7-9-22(19)34(16)26(37)17(2)29-25(36)23-13-20(35)14-32(23)27(38)24(28(3,4)5)33-15-21(30-31-33)18-10-11-18/h6-9,15-18,20,23-24,35H,10-14H2,1-5H3,(H,29,36)/t16?,17?,20?,23?,24-/m1/s1. The van der Waals surface area contributed by atoms with Gasteiger partial charge < -0.3 is 20.2 Å². The molecule has 5 rings (SSSR count). The van der Waals surface area contributed by atoms with Crippen molar-refractivity contribution in [1.29, 1.82) is 0 Å². The molecule has 2 aliphatic heterocycles. The number of likely N-dealkylation sites (tertiary alicyclic amines) is 1. The highest BCUT2D eigenvalue weighted by Gasteiger charge is 2.46. The molecule has 3 amide bonds. The van der Waals surface area contributed by atoms with E-state index in [1.165, 1.54) is 4.90 Å². The summed E-state index contributed by atoms with van der Waals surface area (Å²) in [7, 11) is 0. The van der Waals surface area contributed by atoms with Gasteiger partial charge in [-0.3, -0.25) is 14.4 Å². The molecule has 3 heterocycles. The van der Waals surface area contributed by atoms with E-state index in [2.05, 4.69) is 15.6 Å². The molecule has 0 spiro atoms. The number of benzene rings is 1. The number of carbonyl (C=O) groups excluding carboxylic acids is 3. The summed E-state index contributed by atoms with van der Waals surface area (Å²) in [6, 6.07) is 5.42. The van der Waals surface area contributed by atoms with E-state index in [-0.39, 0.29) is 30.8 Å². The first-order valence-electron chi connectivity index (χ1n) is 13.6. The predicted octanol–water partition coefficient (Wildman–Crippen LogP) is 2.19. The lowest BCUT2D eigenvalue weighted by Crippen LogP contribution is -2.55. The summed E-state index contributed by atoms with van der Waals surface area (Å²) in [6.45, 7) is 9.55. The number of aliphatic hydroxyl groups is 1. The van der Waals surface area contributed by atoms with Crippen LogP contribution in [-0.4, -0.2) is 73.5 Å². The molecule has 0 radical (unpaired) electrons. The van der Waals surface area contributed by atoms with Gasteiger partial charge in [0.1, 0.15) is 18.1 Å². The van der Waals surface area contributed by atoms with Crippen LogP contribution in [0.1, 0.15) is 77.1 Å². The minimum atomic E-state index is -0.882. The molecule has 3 aliphatic rings. The van der Waals surface area contributed by atoms with Gasteiger partial charge >= 0.3 is 0 Å². The average molecular weight is 523 g/mol. The van der Waals surface area contributed by atoms with E-state index >= 15 is 0 Å². The number of amides is 3. The minimum Gasteiger partial charge on any atom is -0.391 e. The molecule has 5 atom stereocenters. The van der Waals surface area contributed by atoms with Crippen LogP contribution in [-0.2, 0) is 20.8 Å². The van der Waals surface area contributed by atoms with Crippen LogP contribution >= 0.6 is 0 Å². The summed E-state index contributed by atoms with van der Waals surface area (Å²) in [5.41, 5.74) is 2.34. The molecule has 0 bridgehead atoms. The number of rotatable bonds is 6. The minimum absolute atomic E-state index is 0.0126. The molecule has 204 valence electrons. The molecule has 10 heteroatoms. The molecule has 1 aromatic carbocycles. The number of nitrogens with one attached hydrogen (secondary N) is 1. The van der Waals surface area contributed by atoms with Gasteiger partial charge in [-0.15, -0.1) is 5.10 Å². The zero-order valence-corrected chi connectivity index (χ0v) is 22.8. The normalized spacial score (nSPS) is 24.7. The SMILES string of the molecule is CC(NC(=O)C1CC(O)CN1C(=O)[C@@H](n1cc(C2CC2)nn1)C(C)(C)C)C(=O)N1c2ccccc2CC1C. The number of aromatic nitrogens is 3. The van der Waals surface area contributed by atoms with Gasteiger partial charge in [0, 0.05) is 36.8 Å². The molecular weight excluding hydrogens is 484 g/mol. The maximum atomic E-state index is 13.9. The molecule has 10 nitrogen and oxygen atoms in total. The Kier molecular flexibility index (Phi) is 6.79. The third-order valence-electron chi connectivity index (χ3n) is 7.88. The summed E-state index contributed by atoms with van der Waals surface area (Å²) >= 11 is 0. The Morgan fingerprint density at radius 3 is 2.53 bits per heavy atom. The lowest BCUT2D eigenvalue weighted by Gasteiger charge is -2.35. The Morgan fingerprint density at radius 1 is 1.13 bits per heavy atom. The van der Waals surface area contributed by atoms with Gasteiger partial charge in [0.2, 0.25) is 17.7 Å². The van der Waals surface area contributed by atoms with Gasteiger partial charge in [0.05, 0.1) is 11.8 Å². The number of hydrogen-bond acceptors (Lipinski definition) is 6. The fourth-order valence-corrected chi connectivity index (χ4v) is 5.81. The van der Waals surface area contributed by atoms with Gasteiger partial charge in [-0.2, -0.15) is 0 Å². The van der Waals surface area contributed by atoms with Crippen LogP contribution in [0.2, 0.25) is 0 Å². The molecule has 2 N–H and O–H groups in total. The quantitative estimate of drug-likeness (QED) is 0.600. The number of nitrogens with zero attached hydrogens (tertiary/aromatic N) is 5. The van der Waals surface area contributed by atoms with Crippen molar-refractivity contribution >= 4 is 23.4 Å². The zero-order valence-electron chi connectivity index (χ0n) is 22.8. The van der Waals surface area contributed by atoms with Crippen LogP contribution in [0.15, 0.2) is 30.5 Å². The van der Waals surface area contributed by atoms with E-state index in [1.807, 2.05) is 58.2 Å². The first-order valence-corrected chi connectivity index (χ1v) is 13.6. The Morgan fingerprint density at radius 2 is 1.84 bits per heavy atom. The van der Waals surface area contributed by atoms with Gasteiger partial charge in [0.15, 0.2) is 0 Å². The number of β-amino-alcohol motifs (C(OH)–C–C–N with tert-alkyl or cyclic N) is 1. The van der Waals surface area contributed by atoms with Crippen molar-refractivity contribution < 1.29 is 19.5 Å². The monoisotopic (exact) mass is 522 g/mol. The molecule has 4 unspecified atom stereocenters.